The standard InChI is InChI=1S/C20H36N2O/c1-16(2)22-13-18(12-19(22)7-4-5-8-19)11-17(3)21-10-6-9-20(21)14-23-15-20/h16-18H,4-15H2,1-3H3. The molecule has 132 valence electrons. The SMILES string of the molecule is CC(C)N1CC(CC(C)N2CCCC23COC3)CC12CCCC2. The summed E-state index contributed by atoms with van der Waals surface area (Å²) >= 11 is 0. The molecule has 3 heterocycles. The van der Waals surface area contributed by atoms with Gasteiger partial charge in [0.25, 0.3) is 0 Å². The van der Waals surface area contributed by atoms with E-state index in [1.165, 1.54) is 64.5 Å². The molecule has 0 N–H and O–H groups in total. The lowest BCUT2D eigenvalue weighted by Gasteiger charge is -2.48. The second-order valence-corrected chi connectivity index (χ2v) is 9.35. The van der Waals surface area contributed by atoms with Crippen molar-refractivity contribution in [2.24, 2.45) is 5.92 Å². The molecular weight excluding hydrogens is 284 g/mol. The van der Waals surface area contributed by atoms with Crippen molar-refractivity contribution >= 4 is 0 Å². The monoisotopic (exact) mass is 320 g/mol. The summed E-state index contributed by atoms with van der Waals surface area (Å²) in [5, 5.41) is 0. The van der Waals surface area contributed by atoms with Gasteiger partial charge < -0.3 is 4.74 Å². The maximum Gasteiger partial charge on any atom is 0.0681 e. The van der Waals surface area contributed by atoms with Crippen LogP contribution in [0, 0.1) is 5.92 Å². The van der Waals surface area contributed by atoms with Crippen LogP contribution in [0.1, 0.15) is 72.1 Å². The minimum Gasteiger partial charge on any atom is -0.377 e. The molecule has 3 aliphatic heterocycles. The van der Waals surface area contributed by atoms with Crippen molar-refractivity contribution in [1.29, 1.82) is 0 Å². The largest absolute Gasteiger partial charge is 0.377 e. The molecule has 3 heteroatoms. The van der Waals surface area contributed by atoms with Crippen LogP contribution in [0.15, 0.2) is 0 Å². The van der Waals surface area contributed by atoms with Gasteiger partial charge in [0.15, 0.2) is 0 Å². The first kappa shape index (κ1) is 16.4. The number of ether oxygens (including phenoxy) is 1. The molecule has 0 aromatic carbocycles. The first-order valence-electron chi connectivity index (χ1n) is 10.2. The van der Waals surface area contributed by atoms with Crippen LogP contribution in [-0.4, -0.2) is 59.3 Å². The fraction of sp³-hybridized carbons (Fsp3) is 1.00. The van der Waals surface area contributed by atoms with E-state index in [1.54, 1.807) is 0 Å². The molecule has 0 aromatic heterocycles. The minimum atomic E-state index is 0.431. The molecule has 4 aliphatic rings. The Labute approximate surface area is 142 Å². The zero-order chi connectivity index (χ0) is 16.1. The summed E-state index contributed by atoms with van der Waals surface area (Å²) in [6.07, 6.45) is 11.4. The first-order chi connectivity index (χ1) is 11.0. The van der Waals surface area contributed by atoms with Crippen molar-refractivity contribution in [1.82, 2.24) is 9.80 Å². The minimum absolute atomic E-state index is 0.431. The summed E-state index contributed by atoms with van der Waals surface area (Å²) in [5.41, 5.74) is 1.00. The van der Waals surface area contributed by atoms with E-state index in [0.29, 0.717) is 17.1 Å². The van der Waals surface area contributed by atoms with Crippen LogP contribution in [0.5, 0.6) is 0 Å². The van der Waals surface area contributed by atoms with E-state index in [-0.39, 0.29) is 0 Å². The normalized spacial score (nSPS) is 34.7. The Balaban J connectivity index is 1.41. The van der Waals surface area contributed by atoms with Gasteiger partial charge in [0.1, 0.15) is 0 Å². The van der Waals surface area contributed by atoms with Gasteiger partial charge in [-0.15, -0.1) is 0 Å². The molecule has 3 nitrogen and oxygen atoms in total. The van der Waals surface area contributed by atoms with Crippen LogP contribution in [0.4, 0.5) is 0 Å². The number of nitrogens with zero attached hydrogens (tertiary/aromatic N) is 2. The van der Waals surface area contributed by atoms with Crippen molar-refractivity contribution in [3.63, 3.8) is 0 Å². The third-order valence-electron chi connectivity index (χ3n) is 7.49. The summed E-state index contributed by atoms with van der Waals surface area (Å²) in [6, 6.07) is 1.45. The topological polar surface area (TPSA) is 15.7 Å². The lowest BCUT2D eigenvalue weighted by atomic mass is 9.86. The Hall–Kier alpha value is -0.120. The van der Waals surface area contributed by atoms with Gasteiger partial charge in [0.05, 0.1) is 18.8 Å². The number of hydrogen-bond acceptors (Lipinski definition) is 3. The van der Waals surface area contributed by atoms with E-state index >= 15 is 0 Å². The van der Waals surface area contributed by atoms with Gasteiger partial charge in [-0.3, -0.25) is 9.80 Å². The van der Waals surface area contributed by atoms with Crippen molar-refractivity contribution in [2.75, 3.05) is 26.3 Å². The highest BCUT2D eigenvalue weighted by Crippen LogP contribution is 2.48. The third kappa shape index (κ3) is 2.67. The van der Waals surface area contributed by atoms with Crippen molar-refractivity contribution in [3.05, 3.63) is 0 Å². The van der Waals surface area contributed by atoms with Crippen LogP contribution in [-0.2, 0) is 4.74 Å². The highest BCUT2D eigenvalue weighted by molar-refractivity contribution is 5.06. The summed E-state index contributed by atoms with van der Waals surface area (Å²) in [6.45, 7) is 11.9. The Kier molecular flexibility index (Phi) is 4.26. The number of likely N-dealkylation sites (tertiary alicyclic amines) is 2. The highest BCUT2D eigenvalue weighted by atomic mass is 16.5. The summed E-state index contributed by atoms with van der Waals surface area (Å²) < 4.78 is 5.59. The molecule has 23 heavy (non-hydrogen) atoms. The van der Waals surface area contributed by atoms with E-state index in [2.05, 4.69) is 30.6 Å². The number of rotatable bonds is 4. The molecule has 0 radical (unpaired) electrons. The molecule has 2 atom stereocenters. The van der Waals surface area contributed by atoms with Crippen molar-refractivity contribution in [3.8, 4) is 0 Å². The third-order valence-corrected chi connectivity index (χ3v) is 7.49. The molecule has 1 saturated carbocycles. The van der Waals surface area contributed by atoms with Crippen LogP contribution in [0.25, 0.3) is 0 Å². The zero-order valence-electron chi connectivity index (χ0n) is 15.5. The van der Waals surface area contributed by atoms with Gasteiger partial charge in [0.2, 0.25) is 0 Å². The molecule has 4 fully saturated rings. The fourth-order valence-corrected chi connectivity index (χ4v) is 6.54. The van der Waals surface area contributed by atoms with Gasteiger partial charge in [-0.2, -0.15) is 0 Å². The smallest absolute Gasteiger partial charge is 0.0681 e. The molecule has 4 rings (SSSR count). The summed E-state index contributed by atoms with van der Waals surface area (Å²) in [7, 11) is 0. The average molecular weight is 321 g/mol. The maximum absolute atomic E-state index is 5.59. The fourth-order valence-electron chi connectivity index (χ4n) is 6.54. The van der Waals surface area contributed by atoms with Gasteiger partial charge in [-0.25, -0.2) is 0 Å². The first-order valence-corrected chi connectivity index (χ1v) is 10.2. The second-order valence-electron chi connectivity index (χ2n) is 9.35. The Bertz CT molecular complexity index is 425. The molecule has 1 aliphatic carbocycles. The summed E-state index contributed by atoms with van der Waals surface area (Å²) in [5.74, 6) is 0.907. The lowest BCUT2D eigenvalue weighted by molar-refractivity contribution is -0.135. The Morgan fingerprint density at radius 3 is 2.26 bits per heavy atom. The predicted octanol–water partition coefficient (Wildman–Crippen LogP) is 3.67. The van der Waals surface area contributed by atoms with Crippen LogP contribution in [0.3, 0.4) is 0 Å². The second kappa shape index (κ2) is 6.00. The van der Waals surface area contributed by atoms with Gasteiger partial charge in [-0.05, 0) is 71.8 Å². The van der Waals surface area contributed by atoms with E-state index in [0.717, 1.165) is 25.2 Å². The van der Waals surface area contributed by atoms with E-state index in [9.17, 15) is 0 Å². The predicted molar refractivity (Wildman–Crippen MR) is 94.7 cm³/mol. The molecule has 3 saturated heterocycles. The molecule has 0 bridgehead atoms. The number of hydrogen-bond donors (Lipinski definition) is 0. The van der Waals surface area contributed by atoms with Gasteiger partial charge >= 0.3 is 0 Å². The van der Waals surface area contributed by atoms with E-state index in [4.69, 9.17) is 4.74 Å². The molecule has 0 aromatic rings. The average Bonchev–Trinajstić information content (AvgIpc) is 3.17. The van der Waals surface area contributed by atoms with E-state index < -0.39 is 0 Å². The molecule has 2 unspecified atom stereocenters. The van der Waals surface area contributed by atoms with E-state index in [1.807, 2.05) is 0 Å². The zero-order valence-corrected chi connectivity index (χ0v) is 15.5. The van der Waals surface area contributed by atoms with Crippen molar-refractivity contribution < 1.29 is 4.74 Å². The van der Waals surface area contributed by atoms with Crippen molar-refractivity contribution in [2.45, 2.75) is 95.3 Å². The molecule has 0 amide bonds. The Morgan fingerprint density at radius 1 is 0.957 bits per heavy atom. The van der Waals surface area contributed by atoms with Crippen LogP contribution in [0.2, 0.25) is 0 Å². The van der Waals surface area contributed by atoms with Gasteiger partial charge in [-0.1, -0.05) is 12.8 Å². The Morgan fingerprint density at radius 2 is 1.65 bits per heavy atom. The quantitative estimate of drug-likeness (QED) is 0.786. The van der Waals surface area contributed by atoms with Crippen LogP contribution >= 0.6 is 0 Å². The highest BCUT2D eigenvalue weighted by Gasteiger charge is 2.51. The van der Waals surface area contributed by atoms with Crippen LogP contribution < -0.4 is 0 Å². The summed E-state index contributed by atoms with van der Waals surface area (Å²) in [4.78, 5) is 5.69. The van der Waals surface area contributed by atoms with Gasteiger partial charge in [0, 0.05) is 24.2 Å². The molecule has 2 spiro atoms. The maximum atomic E-state index is 5.59. The lowest BCUT2D eigenvalue weighted by Crippen LogP contribution is -2.61. The molecular formula is C20H36N2O.